The lowest BCUT2D eigenvalue weighted by atomic mass is 10.0. The maximum absolute atomic E-state index is 5.05. The number of aryl methyl sites for hydroxylation is 5. The third kappa shape index (κ3) is 39.3. The average molecular weight is 1120 g/mol. The van der Waals surface area contributed by atoms with Gasteiger partial charge in [-0.05, 0) is 170 Å². The minimum atomic E-state index is 0.673. The number of aromatic amines is 1. The molecule has 0 spiro atoms. The van der Waals surface area contributed by atoms with Crippen LogP contribution in [-0.4, -0.2) is 49.3 Å². The van der Waals surface area contributed by atoms with Crippen molar-refractivity contribution in [1.82, 2.24) is 49.3 Å². The fourth-order valence-corrected chi connectivity index (χ4v) is 8.31. The molecule has 0 fully saturated rings. The lowest BCUT2D eigenvalue weighted by molar-refractivity contribution is -0.664. The third-order valence-electron chi connectivity index (χ3n) is 11.3. The summed E-state index contributed by atoms with van der Waals surface area (Å²) in [4.78, 5) is 23.4. The van der Waals surface area contributed by atoms with E-state index in [-0.39, 0.29) is 0 Å². The molecule has 80 heavy (non-hydrogen) atoms. The molecule has 0 aromatic carbocycles. The summed E-state index contributed by atoms with van der Waals surface area (Å²) in [5.41, 5.74) is 9.85. The van der Waals surface area contributed by atoms with Gasteiger partial charge in [0, 0.05) is 91.4 Å². The van der Waals surface area contributed by atoms with Gasteiger partial charge in [-0.1, -0.05) is 128 Å². The van der Waals surface area contributed by atoms with Crippen LogP contribution in [0.4, 0.5) is 0 Å². The standard InChI is InChI=1S/C9H15NO.C9H13N.C9H15N.2C9H13N.C8H14N2.C7H13N2S.C7H12N2/c1-6(2)5-9-7(3)10-11-8(9)4;1-8(2)7-9-3-5-10-6-4-9;1-9(2)5-8-10-6-3-4-7-10;1-8(2)6-9-4-3-5-10-7-9;1-8(2)7-9-5-3-4-6-10-9;1-7(2)4-8-5-10(3)6-9-8;1-6(2)4-7-5-10-9(3)8-7;1-6(2)3-7-4-8-5-9-7/h6H,5H2,1-4H3;3-6,8H,7H2,1-2H3;3-4,6-7,9H,5,8H2,1-2H3;3-5,7-8H,6H2,1-2H3;3-6,8H,7H2,1-2H3;5-7H,4H2,1-3H3;5-6H,4H2,1-3H3;4-6H,3H2,1-2H3,(H,8,9)/q;;;;;;+1;. The van der Waals surface area contributed by atoms with E-state index in [1.165, 1.54) is 45.9 Å². The van der Waals surface area contributed by atoms with E-state index in [1.807, 2.05) is 98.3 Å². The van der Waals surface area contributed by atoms with Crippen molar-refractivity contribution < 1.29 is 8.59 Å². The first-order chi connectivity index (χ1) is 37.9. The molecule has 8 aromatic rings. The first kappa shape index (κ1) is 71.9. The van der Waals surface area contributed by atoms with Crippen molar-refractivity contribution in [2.45, 2.75) is 183 Å². The summed E-state index contributed by atoms with van der Waals surface area (Å²) in [5, 5.41) is 10.3. The molecule has 0 saturated carbocycles. The zero-order chi connectivity index (χ0) is 59.8. The number of aromatic nitrogens is 11. The van der Waals surface area contributed by atoms with Gasteiger partial charge in [0.15, 0.2) is 18.6 Å². The first-order valence-electron chi connectivity index (χ1n) is 29.4. The van der Waals surface area contributed by atoms with E-state index in [2.05, 4.69) is 216 Å². The number of pyridine rings is 3. The maximum atomic E-state index is 5.05. The van der Waals surface area contributed by atoms with E-state index in [4.69, 9.17) is 4.52 Å². The Labute approximate surface area is 490 Å². The summed E-state index contributed by atoms with van der Waals surface area (Å²) in [6.45, 7) is 40.5. The van der Waals surface area contributed by atoms with Crippen LogP contribution >= 0.6 is 11.5 Å². The van der Waals surface area contributed by atoms with Crippen molar-refractivity contribution in [3.05, 3.63) is 179 Å². The Morgan fingerprint density at radius 1 is 0.550 bits per heavy atom. The Kier molecular flexibility index (Phi) is 38.4. The summed E-state index contributed by atoms with van der Waals surface area (Å²) < 4.78 is 11.1. The average Bonchev–Trinajstić information content (AvgIpc) is 4.27. The van der Waals surface area contributed by atoms with Crippen molar-refractivity contribution in [3.63, 3.8) is 0 Å². The Balaban J connectivity index is 0.000000457. The van der Waals surface area contributed by atoms with E-state index in [0.29, 0.717) is 29.6 Å². The van der Waals surface area contributed by atoms with Crippen LogP contribution in [0.1, 0.15) is 168 Å². The molecule has 0 radical (unpaired) electrons. The number of hydrogen-bond acceptors (Lipinski definition) is 9. The van der Waals surface area contributed by atoms with E-state index in [1.54, 1.807) is 17.9 Å². The van der Waals surface area contributed by atoms with Crippen LogP contribution in [0, 0.1) is 61.2 Å². The van der Waals surface area contributed by atoms with Crippen molar-refractivity contribution >= 4 is 11.5 Å². The van der Waals surface area contributed by atoms with E-state index >= 15 is 0 Å². The molecular weight excluding hydrogens is 1010 g/mol. The maximum Gasteiger partial charge on any atom is 0.180 e. The van der Waals surface area contributed by atoms with Crippen LogP contribution in [0.5, 0.6) is 0 Å². The van der Waals surface area contributed by atoms with Crippen LogP contribution in [-0.2, 0) is 65.6 Å². The fourth-order valence-electron chi connectivity index (χ4n) is 7.74. The smallest absolute Gasteiger partial charge is 0.180 e. The number of imidazole rings is 2. The summed E-state index contributed by atoms with van der Waals surface area (Å²) in [6, 6.07) is 18.4. The molecule has 0 aliphatic heterocycles. The van der Waals surface area contributed by atoms with E-state index < -0.39 is 0 Å². The third-order valence-corrected chi connectivity index (χ3v) is 12.1. The molecule has 0 bridgehead atoms. The lowest BCUT2D eigenvalue weighted by Crippen LogP contribution is -2.26. The lowest BCUT2D eigenvalue weighted by Gasteiger charge is -2.04. The normalized spacial score (nSPS) is 10.6. The van der Waals surface area contributed by atoms with Crippen LogP contribution in [0.2, 0.25) is 0 Å². The molecule has 8 heterocycles. The summed E-state index contributed by atoms with van der Waals surface area (Å²) >= 11 is 1.65. The molecule has 13 heteroatoms. The fraction of sp³-hybridized carbons (Fsp3) is 0.552. The largest absolute Gasteiger partial charge is 0.361 e. The molecule has 0 atom stereocenters. The van der Waals surface area contributed by atoms with Crippen molar-refractivity contribution in [2.75, 3.05) is 0 Å². The number of H-pyrrole nitrogens is 1. The highest BCUT2D eigenvalue weighted by Crippen LogP contribution is 2.16. The molecule has 8 aromatic heterocycles. The Morgan fingerprint density at radius 3 is 1.59 bits per heavy atom. The molecule has 1 N–H and O–H groups in total. The number of rotatable bonds is 17. The monoisotopic (exact) mass is 1110 g/mol. The second-order valence-electron chi connectivity index (χ2n) is 24.0. The van der Waals surface area contributed by atoms with Crippen molar-refractivity contribution in [3.8, 4) is 0 Å². The zero-order valence-corrected chi connectivity index (χ0v) is 54.2. The van der Waals surface area contributed by atoms with Gasteiger partial charge < -0.3 is 18.6 Å². The molecule has 8 rings (SSSR count). The Hall–Kier alpha value is -6.08. The highest BCUT2D eigenvalue weighted by molar-refractivity contribution is 6.99. The van der Waals surface area contributed by atoms with Crippen LogP contribution in [0.25, 0.3) is 0 Å². The van der Waals surface area contributed by atoms with Crippen molar-refractivity contribution in [2.24, 2.45) is 61.4 Å². The minimum absolute atomic E-state index is 0.673. The SMILES string of the molecule is CC(C)CCn1cccc1.CC(C)Cc1ccccn1.CC(C)Cc1cccnc1.CC(C)Cc1ccncc1.CC(C)Cc1cn(C)cn1.CC(C)Cc1cnc[nH]1.CC(C)Cc1cs[n+](C)n1.Cc1noc(C)c1CC(C)C. The molecule has 0 unspecified atom stereocenters. The number of nitrogens with one attached hydrogen (secondary N) is 1. The molecule has 12 nitrogen and oxygen atoms in total. The molecule has 0 aliphatic rings. The van der Waals surface area contributed by atoms with E-state index in [9.17, 15) is 0 Å². The highest BCUT2D eigenvalue weighted by Gasteiger charge is 2.10. The predicted octanol–water partition coefficient (Wildman–Crippen LogP) is 16.3. The summed E-state index contributed by atoms with van der Waals surface area (Å²) in [6.07, 6.45) is 30.0. The molecular formula is C67H108N11OS+. The Bertz CT molecular complexity index is 2420. The second-order valence-corrected chi connectivity index (χ2v) is 25.0. The van der Waals surface area contributed by atoms with Gasteiger partial charge in [0.05, 0.1) is 29.4 Å². The van der Waals surface area contributed by atoms with Gasteiger partial charge in [0.1, 0.15) is 11.5 Å². The van der Waals surface area contributed by atoms with E-state index in [0.717, 1.165) is 80.7 Å². The van der Waals surface area contributed by atoms with Gasteiger partial charge >= 0.3 is 0 Å². The van der Waals surface area contributed by atoms with Gasteiger partial charge in [0.25, 0.3) is 0 Å². The number of hydrogen-bond donors (Lipinski definition) is 1. The molecule has 0 aliphatic carbocycles. The van der Waals surface area contributed by atoms with Gasteiger partial charge in [0.2, 0.25) is 0 Å². The number of nitrogens with zero attached hydrogens (tertiary/aromatic N) is 10. The quantitative estimate of drug-likeness (QED) is 0.0892. The minimum Gasteiger partial charge on any atom is -0.361 e. The van der Waals surface area contributed by atoms with Gasteiger partial charge in [-0.3, -0.25) is 15.0 Å². The summed E-state index contributed by atoms with van der Waals surface area (Å²) in [5.74, 6) is 6.74. The van der Waals surface area contributed by atoms with Crippen LogP contribution in [0.15, 0.2) is 133 Å². The van der Waals surface area contributed by atoms with Crippen molar-refractivity contribution in [1.29, 1.82) is 0 Å². The van der Waals surface area contributed by atoms with Gasteiger partial charge in [-0.25, -0.2) is 9.97 Å². The summed E-state index contributed by atoms with van der Waals surface area (Å²) in [7, 11) is 3.96. The Morgan fingerprint density at radius 2 is 1.14 bits per heavy atom. The molecule has 0 amide bonds. The van der Waals surface area contributed by atoms with Crippen LogP contribution < -0.4 is 4.07 Å². The molecule has 442 valence electrons. The second kappa shape index (κ2) is 42.8. The predicted molar refractivity (Wildman–Crippen MR) is 337 cm³/mol. The van der Waals surface area contributed by atoms with Crippen LogP contribution in [0.3, 0.4) is 0 Å². The molecule has 0 saturated heterocycles. The van der Waals surface area contributed by atoms with Gasteiger partial charge in [-0.2, -0.15) is 0 Å². The zero-order valence-electron chi connectivity index (χ0n) is 53.4. The first-order valence-corrected chi connectivity index (χ1v) is 30.2. The van der Waals surface area contributed by atoms with Gasteiger partial charge in [-0.15, -0.1) is 0 Å². The topological polar surface area (TPSA) is 133 Å². The highest BCUT2D eigenvalue weighted by atomic mass is 32.1.